The fourth-order valence-electron chi connectivity index (χ4n) is 4.80. The summed E-state index contributed by atoms with van der Waals surface area (Å²) in [6.07, 6.45) is 5.72. The lowest BCUT2D eigenvalue weighted by atomic mass is 9.83. The average molecular weight is 473 g/mol. The lowest BCUT2D eigenvalue weighted by Crippen LogP contribution is -2.28. The topological polar surface area (TPSA) is 71.3 Å². The van der Waals surface area contributed by atoms with Crippen LogP contribution in [0.15, 0.2) is 24.3 Å². The average Bonchev–Trinajstić information content (AvgIpc) is 3.29. The second-order valence-electron chi connectivity index (χ2n) is 9.06. The van der Waals surface area contributed by atoms with Gasteiger partial charge in [0.1, 0.15) is 4.88 Å². The maximum absolute atomic E-state index is 13.2. The molecule has 0 spiro atoms. The molecule has 3 aromatic rings. The molecule has 1 aliphatic rings. The molecule has 1 saturated carbocycles. The molecule has 1 aliphatic carbocycles. The highest BCUT2D eigenvalue weighted by atomic mass is 35.5. The zero-order valence-corrected chi connectivity index (χ0v) is 20.3. The Labute approximate surface area is 197 Å². The Kier molecular flexibility index (Phi) is 6.63. The summed E-state index contributed by atoms with van der Waals surface area (Å²) in [7, 11) is 1.94. The molecule has 4 rings (SSSR count). The molecular formula is C25H29ClN2O3S. The van der Waals surface area contributed by atoms with E-state index in [4.69, 9.17) is 11.6 Å². The van der Waals surface area contributed by atoms with Crippen LogP contribution in [0.1, 0.15) is 77.5 Å². The molecule has 32 heavy (non-hydrogen) atoms. The molecule has 0 unspecified atom stereocenters. The third-order valence-electron chi connectivity index (χ3n) is 6.28. The van der Waals surface area contributed by atoms with Gasteiger partial charge in [-0.25, -0.2) is 4.79 Å². The number of hydrogen-bond acceptors (Lipinski definition) is 3. The zero-order valence-electron chi connectivity index (χ0n) is 18.7. The fourth-order valence-corrected chi connectivity index (χ4v) is 6.22. The number of benzene rings is 1. The van der Waals surface area contributed by atoms with Crippen LogP contribution in [0.25, 0.3) is 21.5 Å². The number of amides is 1. The normalized spacial score (nSPS) is 14.9. The number of fused-ring (bicyclic) bond motifs is 1. The van der Waals surface area contributed by atoms with Crippen LogP contribution in [0.3, 0.4) is 0 Å². The lowest BCUT2D eigenvalue weighted by molar-refractivity contribution is 0.0696. The number of aromatic nitrogens is 1. The lowest BCUT2D eigenvalue weighted by Gasteiger charge is -2.23. The smallest absolute Gasteiger partial charge is 0.346 e. The van der Waals surface area contributed by atoms with Gasteiger partial charge in [0.25, 0.3) is 5.91 Å². The molecule has 2 heterocycles. The first-order chi connectivity index (χ1) is 15.3. The van der Waals surface area contributed by atoms with Crippen LogP contribution in [-0.2, 0) is 7.05 Å². The Morgan fingerprint density at radius 2 is 1.84 bits per heavy atom. The first-order valence-electron chi connectivity index (χ1n) is 11.2. The van der Waals surface area contributed by atoms with Crippen molar-refractivity contribution in [2.24, 2.45) is 13.0 Å². The molecule has 1 fully saturated rings. The predicted octanol–water partition coefficient (Wildman–Crippen LogP) is 6.69. The van der Waals surface area contributed by atoms with E-state index >= 15 is 0 Å². The first kappa shape index (κ1) is 22.9. The monoisotopic (exact) mass is 472 g/mol. The Morgan fingerprint density at radius 3 is 2.44 bits per heavy atom. The van der Waals surface area contributed by atoms with Crippen molar-refractivity contribution in [1.82, 2.24) is 9.88 Å². The largest absolute Gasteiger partial charge is 0.477 e. The number of carbonyl (C=O) groups is 2. The van der Waals surface area contributed by atoms with Gasteiger partial charge in [-0.15, -0.1) is 11.3 Å². The molecule has 0 aliphatic heterocycles. The van der Waals surface area contributed by atoms with Gasteiger partial charge in [0.05, 0.1) is 21.5 Å². The van der Waals surface area contributed by atoms with Crippen molar-refractivity contribution in [1.29, 1.82) is 0 Å². The SMILES string of the molecule is CC(C)CNC(=O)c1c(C(=O)O)sc2c(C3CCCCC3)c(-c3ccc(Cl)cc3)n(C)c12. The van der Waals surface area contributed by atoms with Gasteiger partial charge in [-0.05, 0) is 47.9 Å². The van der Waals surface area contributed by atoms with E-state index in [1.807, 2.05) is 49.7 Å². The van der Waals surface area contributed by atoms with E-state index in [9.17, 15) is 14.7 Å². The number of aromatic carboxylic acids is 1. The summed E-state index contributed by atoms with van der Waals surface area (Å²) in [5.74, 6) is -0.744. The first-order valence-corrected chi connectivity index (χ1v) is 12.4. The van der Waals surface area contributed by atoms with Crippen LogP contribution in [0.5, 0.6) is 0 Å². The highest BCUT2D eigenvalue weighted by Gasteiger charge is 2.33. The number of carboxylic acids is 1. The summed E-state index contributed by atoms with van der Waals surface area (Å²) in [4.78, 5) is 25.4. The van der Waals surface area contributed by atoms with Crippen molar-refractivity contribution in [2.75, 3.05) is 6.54 Å². The van der Waals surface area contributed by atoms with E-state index in [2.05, 4.69) is 5.32 Å². The van der Waals surface area contributed by atoms with Gasteiger partial charge in [-0.3, -0.25) is 4.79 Å². The summed E-state index contributed by atoms with van der Waals surface area (Å²) in [5, 5.41) is 13.5. The van der Waals surface area contributed by atoms with Crippen molar-refractivity contribution in [2.45, 2.75) is 51.9 Å². The van der Waals surface area contributed by atoms with Crippen LogP contribution in [0.2, 0.25) is 5.02 Å². The van der Waals surface area contributed by atoms with Crippen molar-refractivity contribution < 1.29 is 14.7 Å². The molecule has 0 bridgehead atoms. The second kappa shape index (κ2) is 9.28. The van der Waals surface area contributed by atoms with Gasteiger partial charge >= 0.3 is 5.97 Å². The van der Waals surface area contributed by atoms with Gasteiger partial charge in [0.2, 0.25) is 0 Å². The van der Waals surface area contributed by atoms with E-state index in [-0.39, 0.29) is 22.3 Å². The summed E-state index contributed by atoms with van der Waals surface area (Å²) in [6.45, 7) is 4.53. The summed E-state index contributed by atoms with van der Waals surface area (Å²) < 4.78 is 2.95. The van der Waals surface area contributed by atoms with E-state index in [1.165, 1.54) is 36.2 Å². The van der Waals surface area contributed by atoms with Gasteiger partial charge in [-0.2, -0.15) is 0 Å². The van der Waals surface area contributed by atoms with Gasteiger partial charge in [-0.1, -0.05) is 56.8 Å². The molecule has 5 nitrogen and oxygen atoms in total. The van der Waals surface area contributed by atoms with Gasteiger partial charge in [0, 0.05) is 18.6 Å². The Balaban J connectivity index is 1.98. The summed E-state index contributed by atoms with van der Waals surface area (Å²) in [6, 6.07) is 7.76. The predicted molar refractivity (Wildman–Crippen MR) is 131 cm³/mol. The number of carboxylic acid groups (broad SMARTS) is 1. The third-order valence-corrected chi connectivity index (χ3v) is 7.73. The molecule has 2 N–H and O–H groups in total. The molecular weight excluding hydrogens is 444 g/mol. The molecule has 0 atom stereocenters. The molecule has 170 valence electrons. The van der Waals surface area contributed by atoms with E-state index < -0.39 is 5.97 Å². The summed E-state index contributed by atoms with van der Waals surface area (Å²) >= 11 is 7.39. The Morgan fingerprint density at radius 1 is 1.19 bits per heavy atom. The fraction of sp³-hybridized carbons (Fsp3) is 0.440. The number of aryl methyl sites for hydroxylation is 1. The van der Waals surface area contributed by atoms with Crippen molar-refractivity contribution >= 4 is 45.0 Å². The van der Waals surface area contributed by atoms with Gasteiger partial charge in [0.15, 0.2) is 0 Å². The maximum Gasteiger partial charge on any atom is 0.346 e. The second-order valence-corrected chi connectivity index (χ2v) is 10.5. The van der Waals surface area contributed by atoms with Crippen LogP contribution in [0, 0.1) is 5.92 Å². The molecule has 1 aromatic carbocycles. The van der Waals surface area contributed by atoms with E-state index in [1.54, 1.807) is 0 Å². The van der Waals surface area contributed by atoms with Crippen molar-refractivity contribution in [3.05, 3.63) is 45.3 Å². The number of carbonyl (C=O) groups excluding carboxylic acids is 1. The van der Waals surface area contributed by atoms with Crippen LogP contribution >= 0.6 is 22.9 Å². The van der Waals surface area contributed by atoms with Gasteiger partial charge < -0.3 is 15.0 Å². The van der Waals surface area contributed by atoms with Crippen molar-refractivity contribution in [3.63, 3.8) is 0 Å². The van der Waals surface area contributed by atoms with E-state index in [0.29, 0.717) is 17.5 Å². The quantitative estimate of drug-likeness (QED) is 0.419. The van der Waals surface area contributed by atoms with Crippen molar-refractivity contribution in [3.8, 4) is 11.3 Å². The molecule has 1 amide bonds. The highest BCUT2D eigenvalue weighted by Crippen LogP contribution is 2.48. The molecule has 7 heteroatoms. The standard InChI is InChI=1S/C25H29ClN2O3S/c1-14(2)13-27-24(29)19-21-22(32-23(19)25(30)31)18(15-7-5-4-6-8-15)20(28(21)3)16-9-11-17(26)12-10-16/h9-12,14-15H,4-8,13H2,1-3H3,(H,27,29)(H,30,31). The van der Waals surface area contributed by atoms with E-state index in [0.717, 1.165) is 34.3 Å². The molecule has 0 saturated heterocycles. The number of halogens is 1. The Bertz CT molecular complexity index is 1150. The zero-order chi connectivity index (χ0) is 23.0. The number of thiophene rings is 1. The molecule has 2 aromatic heterocycles. The third kappa shape index (κ3) is 4.18. The number of rotatable bonds is 6. The van der Waals surface area contributed by atoms with Crippen LogP contribution in [-0.4, -0.2) is 28.1 Å². The Hall–Kier alpha value is -2.31. The van der Waals surface area contributed by atoms with Crippen LogP contribution < -0.4 is 5.32 Å². The number of hydrogen-bond donors (Lipinski definition) is 2. The number of nitrogens with zero attached hydrogens (tertiary/aromatic N) is 1. The minimum Gasteiger partial charge on any atom is -0.477 e. The number of nitrogens with one attached hydrogen (secondary N) is 1. The molecule has 0 radical (unpaired) electrons. The highest BCUT2D eigenvalue weighted by molar-refractivity contribution is 7.21. The minimum absolute atomic E-state index is 0.117. The maximum atomic E-state index is 13.2. The minimum atomic E-state index is -1.05. The summed E-state index contributed by atoms with van der Waals surface area (Å²) in [5.41, 5.74) is 4.27. The van der Waals surface area contributed by atoms with Crippen LogP contribution in [0.4, 0.5) is 0 Å².